The highest BCUT2D eigenvalue weighted by Gasteiger charge is 2.31. The van der Waals surface area contributed by atoms with Crippen LogP contribution in [0, 0.1) is 0 Å². The molecule has 5 heteroatoms. The maximum atomic E-state index is 13.0. The first-order valence-electron chi connectivity index (χ1n) is 19.9. The largest absolute Gasteiger partial charge is 0.494 e. The topological polar surface area (TPSA) is 55.8 Å². The van der Waals surface area contributed by atoms with Crippen LogP contribution in [0.1, 0.15) is 205 Å². The molecule has 0 bridgehead atoms. The Hall–Kier alpha value is -2.04. The minimum Gasteiger partial charge on any atom is -0.494 e. The molecule has 1 heterocycles. The van der Waals surface area contributed by atoms with E-state index < -0.39 is 6.23 Å². The van der Waals surface area contributed by atoms with E-state index in [-0.39, 0.29) is 24.7 Å². The van der Waals surface area contributed by atoms with Crippen molar-refractivity contribution in [1.29, 1.82) is 0 Å². The summed E-state index contributed by atoms with van der Waals surface area (Å²) in [6.07, 6.45) is 34.0. The molecule has 1 fully saturated rings. The number of ether oxygens (including phenoxy) is 2. The van der Waals surface area contributed by atoms with Gasteiger partial charge in [0, 0.05) is 18.5 Å². The van der Waals surface area contributed by atoms with Crippen LogP contribution in [0.4, 0.5) is 0 Å². The number of rotatable bonds is 30. The molecular weight excluding hydrogens is 570 g/mol. The molecule has 264 valence electrons. The maximum Gasteiger partial charge on any atom is 0.308 e. The normalized spacial score (nSPS) is 15.3. The predicted molar refractivity (Wildman–Crippen MR) is 193 cm³/mol. The lowest BCUT2D eigenvalue weighted by Gasteiger charge is -2.29. The highest BCUT2D eigenvalue weighted by molar-refractivity contribution is 5.83. The molecular formula is C41H71NO4. The van der Waals surface area contributed by atoms with Crippen molar-refractivity contribution in [2.45, 2.75) is 200 Å². The van der Waals surface area contributed by atoms with E-state index >= 15 is 0 Å². The van der Waals surface area contributed by atoms with Gasteiger partial charge < -0.3 is 14.4 Å². The minimum atomic E-state index is -0.644. The van der Waals surface area contributed by atoms with Gasteiger partial charge in [0.05, 0.1) is 13.0 Å². The fourth-order valence-electron chi connectivity index (χ4n) is 6.56. The third-order valence-electron chi connectivity index (χ3n) is 9.57. The molecule has 5 nitrogen and oxygen atoms in total. The molecule has 1 aromatic rings. The summed E-state index contributed by atoms with van der Waals surface area (Å²) in [6, 6.07) is 7.80. The third kappa shape index (κ3) is 19.6. The predicted octanol–water partition coefficient (Wildman–Crippen LogP) is 12.4. The second kappa shape index (κ2) is 28.0. The number of hydrogen-bond donors (Lipinski definition) is 0. The number of amides is 1. The summed E-state index contributed by atoms with van der Waals surface area (Å²) in [5.41, 5.74) is 0.840. The van der Waals surface area contributed by atoms with E-state index in [1.54, 1.807) is 4.90 Å². The lowest BCUT2D eigenvalue weighted by atomic mass is 10.0. The van der Waals surface area contributed by atoms with Gasteiger partial charge >= 0.3 is 5.97 Å². The molecule has 0 aliphatic carbocycles. The van der Waals surface area contributed by atoms with Crippen LogP contribution in [0.3, 0.4) is 0 Å². The lowest BCUT2D eigenvalue weighted by Crippen LogP contribution is -2.35. The molecule has 2 rings (SSSR count). The number of esters is 1. The van der Waals surface area contributed by atoms with Crippen LogP contribution in [0.2, 0.25) is 0 Å². The summed E-state index contributed by atoms with van der Waals surface area (Å²) in [5.74, 6) is 0.545. The number of unbranched alkanes of at least 4 members (excludes halogenated alkanes) is 24. The molecule has 1 saturated heterocycles. The van der Waals surface area contributed by atoms with Gasteiger partial charge in [-0.25, -0.2) is 0 Å². The van der Waals surface area contributed by atoms with Crippen molar-refractivity contribution in [3.05, 3.63) is 29.8 Å². The van der Waals surface area contributed by atoms with Gasteiger partial charge in [-0.15, -0.1) is 0 Å². The minimum absolute atomic E-state index is 0.0119. The monoisotopic (exact) mass is 642 g/mol. The lowest BCUT2D eigenvalue weighted by molar-refractivity contribution is -0.160. The van der Waals surface area contributed by atoms with E-state index in [1.165, 1.54) is 148 Å². The summed E-state index contributed by atoms with van der Waals surface area (Å²) in [4.78, 5) is 27.1. The zero-order chi connectivity index (χ0) is 32.9. The standard InChI is InChI=1S/C41H71NO4/c1-3-5-7-9-11-13-15-17-18-19-21-23-25-27-35-42-39(43)33-34-40(44)46-41(42)37-29-31-38(32-30-37)45-36-28-26-24-22-20-16-14-12-10-8-6-4-2/h29-32,41H,3-28,33-36H2,1-2H3. The molecule has 0 aromatic heterocycles. The second-order valence-electron chi connectivity index (χ2n) is 13.8. The molecule has 1 atom stereocenters. The first-order chi connectivity index (χ1) is 22.7. The van der Waals surface area contributed by atoms with Gasteiger partial charge in [0.15, 0.2) is 0 Å². The van der Waals surface area contributed by atoms with E-state index in [0.29, 0.717) is 6.54 Å². The second-order valence-corrected chi connectivity index (χ2v) is 13.8. The Morgan fingerprint density at radius 1 is 0.565 bits per heavy atom. The Balaban J connectivity index is 1.60. The van der Waals surface area contributed by atoms with Crippen LogP contribution in [-0.4, -0.2) is 29.9 Å². The van der Waals surface area contributed by atoms with E-state index in [2.05, 4.69) is 13.8 Å². The Kier molecular flexibility index (Phi) is 24.4. The average molecular weight is 642 g/mol. The van der Waals surface area contributed by atoms with Crippen molar-refractivity contribution < 1.29 is 19.1 Å². The first kappa shape index (κ1) is 40.1. The highest BCUT2D eigenvalue weighted by atomic mass is 16.6. The number of hydrogen-bond acceptors (Lipinski definition) is 4. The number of nitrogens with zero attached hydrogens (tertiary/aromatic N) is 1. The van der Waals surface area contributed by atoms with Crippen LogP contribution in [0.25, 0.3) is 0 Å². The quantitative estimate of drug-likeness (QED) is 0.0619. The molecule has 0 radical (unpaired) electrons. The van der Waals surface area contributed by atoms with Crippen molar-refractivity contribution in [2.24, 2.45) is 0 Å². The van der Waals surface area contributed by atoms with Gasteiger partial charge in [-0.1, -0.05) is 168 Å². The highest BCUT2D eigenvalue weighted by Crippen LogP contribution is 2.29. The van der Waals surface area contributed by atoms with E-state index in [0.717, 1.165) is 37.2 Å². The van der Waals surface area contributed by atoms with Gasteiger partial charge in [0.1, 0.15) is 5.75 Å². The van der Waals surface area contributed by atoms with E-state index in [9.17, 15) is 9.59 Å². The van der Waals surface area contributed by atoms with Crippen LogP contribution in [-0.2, 0) is 14.3 Å². The molecule has 0 N–H and O–H groups in total. The van der Waals surface area contributed by atoms with Crippen molar-refractivity contribution in [3.8, 4) is 5.75 Å². The van der Waals surface area contributed by atoms with Gasteiger partial charge in [-0.05, 0) is 37.1 Å². The first-order valence-corrected chi connectivity index (χ1v) is 19.9. The molecule has 1 unspecified atom stereocenters. The molecule has 1 aliphatic heterocycles. The van der Waals surface area contributed by atoms with Crippen molar-refractivity contribution >= 4 is 11.9 Å². The zero-order valence-corrected chi connectivity index (χ0v) is 30.2. The van der Waals surface area contributed by atoms with Crippen molar-refractivity contribution in [3.63, 3.8) is 0 Å². The molecule has 46 heavy (non-hydrogen) atoms. The average Bonchev–Trinajstić information content (AvgIpc) is 3.21. The Bertz CT molecular complexity index is 870. The number of cyclic esters (lactones) is 1. The summed E-state index contributed by atoms with van der Waals surface area (Å²) in [5, 5.41) is 0. The van der Waals surface area contributed by atoms with Crippen molar-refractivity contribution in [1.82, 2.24) is 4.90 Å². The van der Waals surface area contributed by atoms with Crippen LogP contribution in [0.5, 0.6) is 5.75 Å². The van der Waals surface area contributed by atoms with Crippen LogP contribution in [0.15, 0.2) is 24.3 Å². The fraction of sp³-hybridized carbons (Fsp3) is 0.805. The Morgan fingerprint density at radius 3 is 1.43 bits per heavy atom. The number of carbonyl (C=O) groups excluding carboxylic acids is 2. The van der Waals surface area contributed by atoms with Gasteiger partial charge in [0.2, 0.25) is 12.1 Å². The Labute approximate surface area is 284 Å². The SMILES string of the molecule is CCCCCCCCCCCCCCCCN1C(=O)CCC(=O)OC1c1ccc(OCCCCCCCCCCCCCC)cc1. The van der Waals surface area contributed by atoms with Crippen LogP contribution >= 0.6 is 0 Å². The molecule has 1 aromatic carbocycles. The summed E-state index contributed by atoms with van der Waals surface area (Å²) >= 11 is 0. The maximum absolute atomic E-state index is 13.0. The Morgan fingerprint density at radius 2 is 0.978 bits per heavy atom. The van der Waals surface area contributed by atoms with Crippen LogP contribution < -0.4 is 4.74 Å². The smallest absolute Gasteiger partial charge is 0.308 e. The van der Waals surface area contributed by atoms with Crippen molar-refractivity contribution in [2.75, 3.05) is 13.2 Å². The van der Waals surface area contributed by atoms with Gasteiger partial charge in [-0.3, -0.25) is 9.59 Å². The van der Waals surface area contributed by atoms with Gasteiger partial charge in [-0.2, -0.15) is 0 Å². The number of benzene rings is 1. The third-order valence-corrected chi connectivity index (χ3v) is 9.57. The van der Waals surface area contributed by atoms with E-state index in [1.807, 2.05) is 24.3 Å². The molecule has 0 saturated carbocycles. The molecule has 1 aliphatic rings. The summed E-state index contributed by atoms with van der Waals surface area (Å²) in [6.45, 7) is 5.90. The number of carbonyl (C=O) groups is 2. The molecule has 1 amide bonds. The summed E-state index contributed by atoms with van der Waals surface area (Å²) < 4.78 is 11.8. The zero-order valence-electron chi connectivity index (χ0n) is 30.2. The molecule has 0 spiro atoms. The summed E-state index contributed by atoms with van der Waals surface area (Å²) in [7, 11) is 0. The van der Waals surface area contributed by atoms with E-state index in [4.69, 9.17) is 9.47 Å². The fourth-order valence-corrected chi connectivity index (χ4v) is 6.56. The van der Waals surface area contributed by atoms with Gasteiger partial charge in [0.25, 0.3) is 0 Å².